The van der Waals surface area contributed by atoms with Gasteiger partial charge in [0, 0.05) is 19.3 Å². The van der Waals surface area contributed by atoms with Gasteiger partial charge in [0.15, 0.2) is 0 Å². The van der Waals surface area contributed by atoms with Gasteiger partial charge in [0.2, 0.25) is 0 Å². The van der Waals surface area contributed by atoms with Crippen molar-refractivity contribution in [2.45, 2.75) is 19.8 Å². The maximum absolute atomic E-state index is 11.2. The van der Waals surface area contributed by atoms with Gasteiger partial charge in [0.1, 0.15) is 5.69 Å². The summed E-state index contributed by atoms with van der Waals surface area (Å²) in [6.45, 7) is 1.98. The van der Waals surface area contributed by atoms with Gasteiger partial charge in [0.25, 0.3) is 0 Å². The van der Waals surface area contributed by atoms with Crippen LogP contribution in [-0.4, -0.2) is 21.2 Å². The van der Waals surface area contributed by atoms with Crippen molar-refractivity contribution in [1.82, 2.24) is 4.57 Å². The maximum atomic E-state index is 11.2. The van der Waals surface area contributed by atoms with Crippen molar-refractivity contribution in [3.63, 3.8) is 0 Å². The number of anilines is 1. The Morgan fingerprint density at radius 1 is 1.47 bits per heavy atom. The average Bonchev–Trinajstić information content (AvgIpc) is 2.59. The summed E-state index contributed by atoms with van der Waals surface area (Å²) in [5, 5.41) is 20.8. The molecule has 2 rings (SSSR count). The summed E-state index contributed by atoms with van der Waals surface area (Å²) in [5.74, 6) is 0. The SMILES string of the molecule is Cc1c(CCCO)c2c([N+](=O)[O-])c(N)ccc2n1C. The number of nitro groups is 1. The number of hydrogen-bond acceptors (Lipinski definition) is 4. The first-order valence-electron chi connectivity index (χ1n) is 6.10. The van der Waals surface area contributed by atoms with Gasteiger partial charge < -0.3 is 15.4 Å². The van der Waals surface area contributed by atoms with Gasteiger partial charge >= 0.3 is 5.69 Å². The van der Waals surface area contributed by atoms with Gasteiger partial charge in [-0.3, -0.25) is 10.1 Å². The zero-order valence-corrected chi connectivity index (χ0v) is 11.0. The summed E-state index contributed by atoms with van der Waals surface area (Å²) in [4.78, 5) is 10.8. The van der Waals surface area contributed by atoms with Crippen molar-refractivity contribution in [2.75, 3.05) is 12.3 Å². The number of aromatic nitrogens is 1. The molecular weight excluding hydrogens is 246 g/mol. The smallest absolute Gasteiger partial charge is 0.301 e. The Balaban J connectivity index is 2.82. The van der Waals surface area contributed by atoms with Crippen LogP contribution in [0.5, 0.6) is 0 Å². The molecule has 0 saturated carbocycles. The Hall–Kier alpha value is -2.08. The first-order chi connectivity index (χ1) is 8.99. The third kappa shape index (κ3) is 2.04. The van der Waals surface area contributed by atoms with Gasteiger partial charge in [0.05, 0.1) is 15.8 Å². The lowest BCUT2D eigenvalue weighted by Gasteiger charge is -2.02. The van der Waals surface area contributed by atoms with E-state index in [4.69, 9.17) is 10.8 Å². The highest BCUT2D eigenvalue weighted by Crippen LogP contribution is 2.37. The Kier molecular flexibility index (Phi) is 3.44. The molecule has 0 unspecified atom stereocenters. The van der Waals surface area contributed by atoms with Crippen LogP contribution in [-0.2, 0) is 13.5 Å². The Labute approximate surface area is 110 Å². The molecule has 3 N–H and O–H groups in total. The zero-order chi connectivity index (χ0) is 14.2. The second kappa shape index (κ2) is 4.89. The minimum atomic E-state index is -0.431. The fourth-order valence-corrected chi connectivity index (χ4v) is 2.50. The molecule has 0 aliphatic rings. The number of aliphatic hydroxyl groups is 1. The number of nitrogens with two attached hydrogens (primary N) is 1. The van der Waals surface area contributed by atoms with Crippen LogP contribution in [0.3, 0.4) is 0 Å². The Morgan fingerprint density at radius 3 is 2.74 bits per heavy atom. The second-order valence-corrected chi connectivity index (χ2v) is 4.60. The van der Waals surface area contributed by atoms with Crippen molar-refractivity contribution in [3.8, 4) is 0 Å². The molecule has 2 aromatic rings. The summed E-state index contributed by atoms with van der Waals surface area (Å²) < 4.78 is 1.93. The number of hydrogen-bond donors (Lipinski definition) is 2. The molecule has 102 valence electrons. The van der Waals surface area contributed by atoms with Crippen LogP contribution in [0.1, 0.15) is 17.7 Å². The number of nitrogens with zero attached hydrogens (tertiary/aromatic N) is 2. The number of fused-ring (bicyclic) bond motifs is 1. The van der Waals surface area contributed by atoms with Crippen LogP contribution in [0.15, 0.2) is 12.1 Å². The number of nitrogen functional groups attached to an aromatic ring is 1. The number of aryl methyl sites for hydroxylation is 2. The summed E-state index contributed by atoms with van der Waals surface area (Å²) in [5.41, 5.74) is 8.55. The molecule has 0 aliphatic carbocycles. The molecule has 6 heteroatoms. The highest BCUT2D eigenvalue weighted by atomic mass is 16.6. The zero-order valence-electron chi connectivity index (χ0n) is 11.0. The third-order valence-electron chi connectivity index (χ3n) is 3.56. The normalized spacial score (nSPS) is 11.1. The molecule has 19 heavy (non-hydrogen) atoms. The van der Waals surface area contributed by atoms with Crippen molar-refractivity contribution < 1.29 is 10.0 Å². The predicted octanol–water partition coefficient (Wildman–Crippen LogP) is 1.90. The largest absolute Gasteiger partial charge is 0.396 e. The molecule has 0 radical (unpaired) electrons. The van der Waals surface area contributed by atoms with Crippen LogP contribution in [0.25, 0.3) is 10.9 Å². The van der Waals surface area contributed by atoms with Gasteiger partial charge in [-0.25, -0.2) is 0 Å². The molecule has 0 bridgehead atoms. The van der Waals surface area contributed by atoms with Gasteiger partial charge in [-0.1, -0.05) is 0 Å². The van der Waals surface area contributed by atoms with Gasteiger partial charge in [-0.2, -0.15) is 0 Å². The lowest BCUT2D eigenvalue weighted by Crippen LogP contribution is -1.98. The number of nitro benzene ring substituents is 1. The summed E-state index contributed by atoms with van der Waals surface area (Å²) in [6.07, 6.45) is 1.18. The lowest BCUT2D eigenvalue weighted by molar-refractivity contribution is -0.382. The molecule has 0 fully saturated rings. The monoisotopic (exact) mass is 263 g/mol. The van der Waals surface area contributed by atoms with Crippen molar-refractivity contribution in [2.24, 2.45) is 7.05 Å². The highest BCUT2D eigenvalue weighted by molar-refractivity contribution is 5.98. The molecular formula is C13H17N3O3. The minimum Gasteiger partial charge on any atom is -0.396 e. The molecule has 1 heterocycles. The molecule has 0 aliphatic heterocycles. The van der Waals surface area contributed by atoms with Crippen molar-refractivity contribution in [1.29, 1.82) is 0 Å². The maximum Gasteiger partial charge on any atom is 0.301 e. The second-order valence-electron chi connectivity index (χ2n) is 4.60. The van der Waals surface area contributed by atoms with Gasteiger partial charge in [-0.15, -0.1) is 0 Å². The molecule has 0 amide bonds. The van der Waals surface area contributed by atoms with Crippen LogP contribution in [0.4, 0.5) is 11.4 Å². The summed E-state index contributed by atoms with van der Waals surface area (Å²) >= 11 is 0. The fourth-order valence-electron chi connectivity index (χ4n) is 2.50. The molecule has 0 saturated heterocycles. The van der Waals surface area contributed by atoms with E-state index < -0.39 is 4.92 Å². The van der Waals surface area contributed by atoms with Crippen LogP contribution in [0, 0.1) is 17.0 Å². The number of rotatable bonds is 4. The third-order valence-corrected chi connectivity index (χ3v) is 3.56. The van der Waals surface area contributed by atoms with E-state index >= 15 is 0 Å². The Morgan fingerprint density at radius 2 is 2.16 bits per heavy atom. The predicted molar refractivity (Wildman–Crippen MR) is 74.1 cm³/mol. The van der Waals surface area contributed by atoms with E-state index in [1.165, 1.54) is 0 Å². The highest BCUT2D eigenvalue weighted by Gasteiger charge is 2.23. The number of benzene rings is 1. The molecule has 1 aromatic heterocycles. The first kappa shape index (κ1) is 13.4. The average molecular weight is 263 g/mol. The molecule has 6 nitrogen and oxygen atoms in total. The molecule has 0 spiro atoms. The topological polar surface area (TPSA) is 94.3 Å². The van der Waals surface area contributed by atoms with E-state index in [0.29, 0.717) is 18.2 Å². The first-order valence-corrected chi connectivity index (χ1v) is 6.10. The Bertz CT molecular complexity index is 646. The van der Waals surface area contributed by atoms with Gasteiger partial charge in [-0.05, 0) is 37.5 Å². The fraction of sp³-hybridized carbons (Fsp3) is 0.385. The van der Waals surface area contributed by atoms with E-state index in [-0.39, 0.29) is 18.0 Å². The van der Waals surface area contributed by atoms with Crippen LogP contribution >= 0.6 is 0 Å². The van der Waals surface area contributed by atoms with E-state index in [2.05, 4.69) is 0 Å². The molecule has 0 atom stereocenters. The quantitative estimate of drug-likeness (QED) is 0.500. The van der Waals surface area contributed by atoms with E-state index in [1.807, 2.05) is 18.5 Å². The minimum absolute atomic E-state index is 0.0332. The lowest BCUT2D eigenvalue weighted by atomic mass is 10.0. The van der Waals surface area contributed by atoms with Crippen molar-refractivity contribution in [3.05, 3.63) is 33.5 Å². The summed E-state index contributed by atoms with van der Waals surface area (Å²) in [6, 6.07) is 3.36. The standard InChI is InChI=1S/C13H17N3O3/c1-8-9(4-3-7-17)12-11(15(8)2)6-5-10(14)13(12)16(18)19/h5-6,17H,3-4,7,14H2,1-2H3. The summed E-state index contributed by atoms with van der Waals surface area (Å²) in [7, 11) is 1.88. The molecule has 1 aromatic carbocycles. The van der Waals surface area contributed by atoms with E-state index in [9.17, 15) is 10.1 Å². The van der Waals surface area contributed by atoms with Crippen molar-refractivity contribution >= 4 is 22.3 Å². The van der Waals surface area contributed by atoms with Crippen LogP contribution in [0.2, 0.25) is 0 Å². The number of aliphatic hydroxyl groups excluding tert-OH is 1. The van der Waals surface area contributed by atoms with E-state index in [0.717, 1.165) is 16.8 Å². The van der Waals surface area contributed by atoms with E-state index in [1.54, 1.807) is 12.1 Å². The van der Waals surface area contributed by atoms with Crippen LogP contribution < -0.4 is 5.73 Å².